The molecule has 0 saturated heterocycles. The molecule has 0 spiro atoms. The molecule has 7 nitrogen and oxygen atoms in total. The topological polar surface area (TPSA) is 88.9 Å². The van der Waals surface area contributed by atoms with Crippen LogP contribution in [0.25, 0.3) is 0 Å². The summed E-state index contributed by atoms with van der Waals surface area (Å²) < 4.78 is 1.86. The fourth-order valence-corrected chi connectivity index (χ4v) is 4.39. The first-order chi connectivity index (χ1) is 15.3. The largest absolute Gasteiger partial charge is 0.345 e. The average molecular weight is 492 g/mol. The average Bonchev–Trinajstić information content (AvgIpc) is 3.14. The lowest BCUT2D eigenvalue weighted by Crippen LogP contribution is -2.25. The van der Waals surface area contributed by atoms with Crippen molar-refractivity contribution < 1.29 is 9.59 Å². The second kappa shape index (κ2) is 10.8. The molecule has 0 unspecified atom stereocenters. The molecule has 2 aromatic carbocycles. The fourth-order valence-electron chi connectivity index (χ4n) is 3.07. The number of benzene rings is 2. The smallest absolute Gasteiger partial charge is 0.253 e. The van der Waals surface area contributed by atoms with Gasteiger partial charge < -0.3 is 15.2 Å². The number of amides is 2. The summed E-state index contributed by atoms with van der Waals surface area (Å²) in [6.07, 6.45) is 0. The third-order valence-corrected chi connectivity index (χ3v) is 6.20. The number of carbonyl (C=O) groups is 2. The molecule has 2 N–H and O–H groups in total. The Morgan fingerprint density at radius 1 is 1.09 bits per heavy atom. The highest BCUT2D eigenvalue weighted by Crippen LogP contribution is 2.22. The molecule has 1 heterocycles. The highest BCUT2D eigenvalue weighted by molar-refractivity contribution is 7.99. The van der Waals surface area contributed by atoms with E-state index < -0.39 is 0 Å². The first-order valence-electron chi connectivity index (χ1n) is 9.93. The molecular formula is C22H23Cl2N5O2S. The number of nitrogens with one attached hydrogen (secondary N) is 2. The maximum absolute atomic E-state index is 12.4. The van der Waals surface area contributed by atoms with Gasteiger partial charge in [-0.2, -0.15) is 0 Å². The highest BCUT2D eigenvalue weighted by atomic mass is 35.5. The lowest BCUT2D eigenvalue weighted by Gasteiger charge is -2.10. The molecule has 2 amide bonds. The zero-order valence-corrected chi connectivity index (χ0v) is 20.2. The molecule has 0 aliphatic heterocycles. The van der Waals surface area contributed by atoms with E-state index in [1.54, 1.807) is 12.1 Å². The normalized spacial score (nSPS) is 10.8. The van der Waals surface area contributed by atoms with Crippen molar-refractivity contribution >= 4 is 52.5 Å². The van der Waals surface area contributed by atoms with Gasteiger partial charge in [0.2, 0.25) is 5.91 Å². The van der Waals surface area contributed by atoms with E-state index in [0.29, 0.717) is 28.1 Å². The lowest BCUT2D eigenvalue weighted by atomic mass is 10.1. The Hall–Kier alpha value is -2.55. The molecule has 3 aromatic rings. The number of anilines is 1. The van der Waals surface area contributed by atoms with Crippen molar-refractivity contribution in [1.29, 1.82) is 0 Å². The first-order valence-corrected chi connectivity index (χ1v) is 11.7. The van der Waals surface area contributed by atoms with Crippen molar-refractivity contribution in [3.63, 3.8) is 0 Å². The Labute approximate surface area is 200 Å². The number of nitrogens with zero attached hydrogens (tertiary/aromatic N) is 3. The standard InChI is InChI=1S/C22H23Cl2N5O2S/c1-4-29-19(11-25-21(31)16-7-6-15(23)10-17(16)24)27-28-22(29)32-12-20(30)26-18-8-5-13(2)9-14(18)3/h5-10H,4,11-12H2,1-3H3,(H,25,31)(H,26,30). The summed E-state index contributed by atoms with van der Waals surface area (Å²) in [5.41, 5.74) is 3.28. The van der Waals surface area contributed by atoms with Crippen LogP contribution in [0.1, 0.15) is 34.2 Å². The minimum Gasteiger partial charge on any atom is -0.345 e. The van der Waals surface area contributed by atoms with Crippen LogP contribution in [-0.2, 0) is 17.9 Å². The molecule has 0 fully saturated rings. The first kappa shape index (κ1) is 24.1. The number of aromatic nitrogens is 3. The van der Waals surface area contributed by atoms with Crippen molar-refractivity contribution in [2.45, 2.75) is 39.0 Å². The molecule has 168 valence electrons. The molecule has 0 radical (unpaired) electrons. The minimum atomic E-state index is -0.334. The summed E-state index contributed by atoms with van der Waals surface area (Å²) in [7, 11) is 0. The third-order valence-electron chi connectivity index (χ3n) is 4.68. The van der Waals surface area contributed by atoms with Crippen molar-refractivity contribution in [2.75, 3.05) is 11.1 Å². The molecule has 0 bridgehead atoms. The Bertz CT molecular complexity index is 1150. The molecule has 1 aromatic heterocycles. The number of aryl methyl sites for hydroxylation is 2. The monoisotopic (exact) mass is 491 g/mol. The predicted molar refractivity (Wildman–Crippen MR) is 129 cm³/mol. The van der Waals surface area contributed by atoms with E-state index in [9.17, 15) is 9.59 Å². The number of carbonyl (C=O) groups excluding carboxylic acids is 2. The quantitative estimate of drug-likeness (QED) is 0.438. The summed E-state index contributed by atoms with van der Waals surface area (Å²) in [6, 6.07) is 10.6. The minimum absolute atomic E-state index is 0.125. The van der Waals surface area contributed by atoms with Crippen LogP contribution in [0.4, 0.5) is 5.69 Å². The zero-order valence-electron chi connectivity index (χ0n) is 17.9. The molecule has 0 atom stereocenters. The van der Waals surface area contributed by atoms with Crippen molar-refractivity contribution in [1.82, 2.24) is 20.1 Å². The van der Waals surface area contributed by atoms with Gasteiger partial charge in [0.25, 0.3) is 5.91 Å². The maximum atomic E-state index is 12.4. The van der Waals surface area contributed by atoms with E-state index >= 15 is 0 Å². The Morgan fingerprint density at radius 2 is 1.88 bits per heavy atom. The van der Waals surface area contributed by atoms with Gasteiger partial charge in [-0.1, -0.05) is 52.7 Å². The second-order valence-corrected chi connectivity index (χ2v) is 8.89. The molecule has 0 aliphatic rings. The highest BCUT2D eigenvalue weighted by Gasteiger charge is 2.16. The van der Waals surface area contributed by atoms with E-state index in [4.69, 9.17) is 23.2 Å². The van der Waals surface area contributed by atoms with Gasteiger partial charge in [-0.05, 0) is 50.6 Å². The van der Waals surface area contributed by atoms with Crippen LogP contribution in [0.3, 0.4) is 0 Å². The predicted octanol–water partition coefficient (Wildman–Crippen LogP) is 4.88. The van der Waals surface area contributed by atoms with Gasteiger partial charge in [-0.15, -0.1) is 10.2 Å². The summed E-state index contributed by atoms with van der Waals surface area (Å²) in [6.45, 7) is 6.69. The SMILES string of the molecule is CCn1c(CNC(=O)c2ccc(Cl)cc2Cl)nnc1SCC(=O)Nc1ccc(C)cc1C. The van der Waals surface area contributed by atoms with E-state index in [0.717, 1.165) is 16.8 Å². The van der Waals surface area contributed by atoms with Gasteiger partial charge in [-0.3, -0.25) is 9.59 Å². The Kier molecular flexibility index (Phi) is 8.17. The van der Waals surface area contributed by atoms with Crippen LogP contribution in [0.15, 0.2) is 41.6 Å². The van der Waals surface area contributed by atoms with Gasteiger partial charge in [-0.25, -0.2) is 0 Å². The lowest BCUT2D eigenvalue weighted by molar-refractivity contribution is -0.113. The molecule has 0 saturated carbocycles. The number of hydrogen-bond donors (Lipinski definition) is 2. The number of hydrogen-bond acceptors (Lipinski definition) is 5. The van der Waals surface area contributed by atoms with E-state index in [1.807, 2.05) is 43.5 Å². The van der Waals surface area contributed by atoms with Gasteiger partial charge in [0.1, 0.15) is 0 Å². The number of rotatable bonds is 8. The molecular weight excluding hydrogens is 469 g/mol. The van der Waals surface area contributed by atoms with Crippen LogP contribution < -0.4 is 10.6 Å². The van der Waals surface area contributed by atoms with Crippen LogP contribution >= 0.6 is 35.0 Å². The van der Waals surface area contributed by atoms with Crippen LogP contribution in [0, 0.1) is 13.8 Å². The maximum Gasteiger partial charge on any atom is 0.253 e. The fraction of sp³-hybridized carbons (Fsp3) is 0.273. The van der Waals surface area contributed by atoms with Gasteiger partial charge >= 0.3 is 0 Å². The van der Waals surface area contributed by atoms with Crippen molar-refractivity contribution in [2.24, 2.45) is 0 Å². The Balaban J connectivity index is 1.59. The zero-order chi connectivity index (χ0) is 23.3. The summed E-state index contributed by atoms with van der Waals surface area (Å²) in [5, 5.41) is 15.4. The van der Waals surface area contributed by atoms with Gasteiger partial charge in [0, 0.05) is 17.3 Å². The number of thioether (sulfide) groups is 1. The van der Waals surface area contributed by atoms with Crippen LogP contribution in [0.2, 0.25) is 10.0 Å². The summed E-state index contributed by atoms with van der Waals surface area (Å²) >= 11 is 13.3. The van der Waals surface area contributed by atoms with Gasteiger partial charge in [0.05, 0.1) is 22.9 Å². The van der Waals surface area contributed by atoms with Crippen LogP contribution in [-0.4, -0.2) is 32.3 Å². The van der Waals surface area contributed by atoms with E-state index in [1.165, 1.54) is 17.8 Å². The molecule has 32 heavy (non-hydrogen) atoms. The van der Waals surface area contributed by atoms with Gasteiger partial charge in [0.15, 0.2) is 11.0 Å². The molecule has 3 rings (SSSR count). The van der Waals surface area contributed by atoms with Crippen molar-refractivity contribution in [3.05, 3.63) is 69.0 Å². The van der Waals surface area contributed by atoms with E-state index in [2.05, 4.69) is 20.8 Å². The van der Waals surface area contributed by atoms with Crippen molar-refractivity contribution in [3.8, 4) is 0 Å². The Morgan fingerprint density at radius 3 is 2.56 bits per heavy atom. The second-order valence-electron chi connectivity index (χ2n) is 7.11. The summed E-state index contributed by atoms with van der Waals surface area (Å²) in [4.78, 5) is 24.8. The molecule has 10 heteroatoms. The summed E-state index contributed by atoms with van der Waals surface area (Å²) in [5.74, 6) is 0.320. The third kappa shape index (κ3) is 6.03. The van der Waals surface area contributed by atoms with Crippen LogP contribution in [0.5, 0.6) is 0 Å². The molecule has 0 aliphatic carbocycles. The van der Waals surface area contributed by atoms with E-state index in [-0.39, 0.29) is 29.1 Å². The number of halogens is 2.